The maximum atomic E-state index is 11.8. The van der Waals surface area contributed by atoms with Gasteiger partial charge in [0.05, 0.1) is 21.3 Å². The first-order chi connectivity index (χ1) is 9.51. The van der Waals surface area contributed by atoms with E-state index in [1.165, 1.54) is 0 Å². The van der Waals surface area contributed by atoms with E-state index in [1.54, 1.807) is 43.4 Å². The molecule has 4 nitrogen and oxygen atoms in total. The molecule has 1 amide bonds. The summed E-state index contributed by atoms with van der Waals surface area (Å²) in [6, 6.07) is 10.1. The first-order valence-electron chi connectivity index (χ1n) is 5.85. The Morgan fingerprint density at radius 3 is 2.50 bits per heavy atom. The van der Waals surface area contributed by atoms with E-state index in [0.29, 0.717) is 27.0 Å². The van der Waals surface area contributed by atoms with Crippen LogP contribution in [0.1, 0.15) is 10.4 Å². The molecule has 0 saturated carbocycles. The van der Waals surface area contributed by atoms with Gasteiger partial charge in [0, 0.05) is 18.4 Å². The molecule has 0 radical (unpaired) electrons. The molecule has 0 atom stereocenters. The van der Waals surface area contributed by atoms with Gasteiger partial charge >= 0.3 is 0 Å². The SMILES string of the molecule is CNC(=O)c1ccc(N)cc1Nc1ccc(Cl)c(Cl)c1. The minimum Gasteiger partial charge on any atom is -0.399 e. The van der Waals surface area contributed by atoms with Crippen molar-refractivity contribution in [2.45, 2.75) is 0 Å². The predicted molar refractivity (Wildman–Crippen MR) is 84.0 cm³/mol. The molecule has 0 spiro atoms. The fraction of sp³-hybridized carbons (Fsp3) is 0.0714. The molecule has 0 aliphatic rings. The van der Waals surface area contributed by atoms with Crippen molar-refractivity contribution in [1.82, 2.24) is 5.32 Å². The van der Waals surface area contributed by atoms with Crippen molar-refractivity contribution < 1.29 is 4.79 Å². The van der Waals surface area contributed by atoms with Gasteiger partial charge in [-0.05, 0) is 36.4 Å². The highest BCUT2D eigenvalue weighted by molar-refractivity contribution is 6.42. The Bertz CT molecular complexity index is 659. The molecule has 0 aromatic heterocycles. The quantitative estimate of drug-likeness (QED) is 0.758. The lowest BCUT2D eigenvalue weighted by Crippen LogP contribution is -2.19. The maximum absolute atomic E-state index is 11.8. The molecular weight excluding hydrogens is 297 g/mol. The lowest BCUT2D eigenvalue weighted by molar-refractivity contribution is 0.0964. The molecule has 0 fully saturated rings. The van der Waals surface area contributed by atoms with Gasteiger partial charge in [-0.15, -0.1) is 0 Å². The van der Waals surface area contributed by atoms with Gasteiger partial charge in [0.1, 0.15) is 0 Å². The van der Waals surface area contributed by atoms with Crippen LogP contribution < -0.4 is 16.4 Å². The van der Waals surface area contributed by atoms with Gasteiger partial charge in [0.2, 0.25) is 0 Å². The van der Waals surface area contributed by atoms with Crippen molar-refractivity contribution in [2.24, 2.45) is 0 Å². The summed E-state index contributed by atoms with van der Waals surface area (Å²) in [5, 5.41) is 6.59. The molecule has 0 aliphatic carbocycles. The third-order valence-electron chi connectivity index (χ3n) is 2.71. The molecule has 2 aromatic rings. The van der Waals surface area contributed by atoms with Crippen LogP contribution in [0.4, 0.5) is 17.1 Å². The fourth-order valence-electron chi connectivity index (χ4n) is 1.73. The zero-order valence-corrected chi connectivity index (χ0v) is 12.2. The van der Waals surface area contributed by atoms with E-state index in [4.69, 9.17) is 28.9 Å². The average Bonchev–Trinajstić information content (AvgIpc) is 2.42. The van der Waals surface area contributed by atoms with Crippen molar-refractivity contribution in [3.8, 4) is 0 Å². The number of rotatable bonds is 3. The van der Waals surface area contributed by atoms with Gasteiger partial charge in [-0.1, -0.05) is 23.2 Å². The molecule has 4 N–H and O–H groups in total. The van der Waals surface area contributed by atoms with Crippen molar-refractivity contribution in [3.63, 3.8) is 0 Å². The van der Waals surface area contributed by atoms with E-state index < -0.39 is 0 Å². The van der Waals surface area contributed by atoms with Crippen LogP contribution in [-0.2, 0) is 0 Å². The lowest BCUT2D eigenvalue weighted by atomic mass is 10.1. The van der Waals surface area contributed by atoms with E-state index in [-0.39, 0.29) is 5.91 Å². The van der Waals surface area contributed by atoms with Crippen LogP contribution in [0.5, 0.6) is 0 Å². The van der Waals surface area contributed by atoms with Gasteiger partial charge in [-0.2, -0.15) is 0 Å². The molecule has 6 heteroatoms. The Morgan fingerprint density at radius 2 is 1.85 bits per heavy atom. The minimum absolute atomic E-state index is 0.201. The zero-order valence-electron chi connectivity index (χ0n) is 10.7. The average molecular weight is 310 g/mol. The maximum Gasteiger partial charge on any atom is 0.253 e. The van der Waals surface area contributed by atoms with E-state index in [2.05, 4.69) is 10.6 Å². The number of benzene rings is 2. The normalized spacial score (nSPS) is 10.2. The van der Waals surface area contributed by atoms with Crippen molar-refractivity contribution in [3.05, 3.63) is 52.0 Å². The smallest absolute Gasteiger partial charge is 0.253 e. The number of nitrogen functional groups attached to an aromatic ring is 1. The number of halogens is 2. The van der Waals surface area contributed by atoms with E-state index >= 15 is 0 Å². The number of carbonyl (C=O) groups is 1. The molecule has 0 bridgehead atoms. The van der Waals surface area contributed by atoms with Crippen LogP contribution in [0, 0.1) is 0 Å². The minimum atomic E-state index is -0.201. The number of hydrogen-bond donors (Lipinski definition) is 3. The highest BCUT2D eigenvalue weighted by Gasteiger charge is 2.11. The van der Waals surface area contributed by atoms with E-state index in [0.717, 1.165) is 5.69 Å². The van der Waals surface area contributed by atoms with Crippen LogP contribution in [0.15, 0.2) is 36.4 Å². The summed E-state index contributed by atoms with van der Waals surface area (Å²) >= 11 is 11.8. The predicted octanol–water partition coefficient (Wildman–Crippen LogP) is 3.68. The number of anilines is 3. The van der Waals surface area contributed by atoms with Crippen molar-refractivity contribution >= 4 is 46.2 Å². The molecule has 2 aromatic carbocycles. The van der Waals surface area contributed by atoms with E-state index in [1.807, 2.05) is 0 Å². The highest BCUT2D eigenvalue weighted by atomic mass is 35.5. The summed E-state index contributed by atoms with van der Waals surface area (Å²) in [4.78, 5) is 11.8. The largest absolute Gasteiger partial charge is 0.399 e. The summed E-state index contributed by atoms with van der Waals surface area (Å²) in [6.45, 7) is 0. The Hall–Kier alpha value is -1.91. The highest BCUT2D eigenvalue weighted by Crippen LogP contribution is 2.29. The number of amides is 1. The third-order valence-corrected chi connectivity index (χ3v) is 3.45. The van der Waals surface area contributed by atoms with Gasteiger partial charge < -0.3 is 16.4 Å². The second-order valence-electron chi connectivity index (χ2n) is 4.14. The van der Waals surface area contributed by atoms with Crippen LogP contribution >= 0.6 is 23.2 Å². The number of nitrogens with two attached hydrogens (primary N) is 1. The van der Waals surface area contributed by atoms with Crippen molar-refractivity contribution in [1.29, 1.82) is 0 Å². The Morgan fingerprint density at radius 1 is 1.10 bits per heavy atom. The zero-order chi connectivity index (χ0) is 14.7. The lowest BCUT2D eigenvalue weighted by Gasteiger charge is -2.12. The van der Waals surface area contributed by atoms with Crippen LogP contribution in [0.3, 0.4) is 0 Å². The molecule has 20 heavy (non-hydrogen) atoms. The Kier molecular flexibility index (Phi) is 4.37. The summed E-state index contributed by atoms with van der Waals surface area (Å²) in [6.07, 6.45) is 0. The van der Waals surface area contributed by atoms with E-state index in [9.17, 15) is 4.79 Å². The number of hydrogen-bond acceptors (Lipinski definition) is 3. The topological polar surface area (TPSA) is 67.2 Å². The van der Waals surface area contributed by atoms with Gasteiger partial charge in [-0.3, -0.25) is 4.79 Å². The summed E-state index contributed by atoms with van der Waals surface area (Å²) in [5.41, 5.74) is 8.12. The first kappa shape index (κ1) is 14.5. The first-order valence-corrected chi connectivity index (χ1v) is 6.60. The molecule has 0 aliphatic heterocycles. The monoisotopic (exact) mass is 309 g/mol. The fourth-order valence-corrected chi connectivity index (χ4v) is 2.03. The molecule has 2 rings (SSSR count). The van der Waals surface area contributed by atoms with Gasteiger partial charge in [-0.25, -0.2) is 0 Å². The molecular formula is C14H13Cl2N3O. The molecule has 104 valence electrons. The molecule has 0 unspecified atom stereocenters. The summed E-state index contributed by atoms with van der Waals surface area (Å²) in [7, 11) is 1.57. The van der Waals surface area contributed by atoms with Crippen molar-refractivity contribution in [2.75, 3.05) is 18.1 Å². The van der Waals surface area contributed by atoms with Gasteiger partial charge in [0.25, 0.3) is 5.91 Å². The molecule has 0 saturated heterocycles. The van der Waals surface area contributed by atoms with Gasteiger partial charge in [0.15, 0.2) is 0 Å². The second-order valence-corrected chi connectivity index (χ2v) is 4.95. The Labute approximate surface area is 126 Å². The number of nitrogens with one attached hydrogen (secondary N) is 2. The third kappa shape index (κ3) is 3.15. The number of carbonyl (C=O) groups excluding carboxylic acids is 1. The van der Waals surface area contributed by atoms with Crippen LogP contribution in [0.25, 0.3) is 0 Å². The van der Waals surface area contributed by atoms with Crippen LogP contribution in [0.2, 0.25) is 10.0 Å². The molecule has 0 heterocycles. The second kappa shape index (κ2) is 6.03. The Balaban J connectivity index is 2.38. The summed E-state index contributed by atoms with van der Waals surface area (Å²) in [5.74, 6) is -0.201. The standard InChI is InChI=1S/C14H13Cl2N3O/c1-18-14(20)10-4-2-8(17)6-13(10)19-9-3-5-11(15)12(16)7-9/h2-7,19H,17H2,1H3,(H,18,20). The van der Waals surface area contributed by atoms with Crippen LogP contribution in [-0.4, -0.2) is 13.0 Å². The summed E-state index contributed by atoms with van der Waals surface area (Å²) < 4.78 is 0.